The first-order valence-corrected chi connectivity index (χ1v) is 7.49. The highest BCUT2D eigenvalue weighted by Gasteiger charge is 2.37. The molecule has 130 valence electrons. The number of para-hydroxylation sites is 1. The van der Waals surface area contributed by atoms with Gasteiger partial charge in [0.25, 0.3) is 5.56 Å². The topological polar surface area (TPSA) is 34.9 Å². The van der Waals surface area contributed by atoms with Gasteiger partial charge in [-0.25, -0.2) is 4.39 Å². The van der Waals surface area contributed by atoms with Crippen LogP contribution >= 0.6 is 0 Å². The highest BCUT2D eigenvalue weighted by Crippen LogP contribution is 2.37. The van der Waals surface area contributed by atoms with E-state index in [-0.39, 0.29) is 22.2 Å². The normalized spacial score (nSPS) is 11.9. The van der Waals surface area contributed by atoms with Crippen molar-refractivity contribution in [1.29, 1.82) is 0 Å². The van der Waals surface area contributed by atoms with E-state index in [2.05, 4.69) is 4.98 Å². The molecular formula is C18H14F4N2O. The predicted octanol–water partition coefficient (Wildman–Crippen LogP) is 3.99. The molecule has 0 bridgehead atoms. The lowest BCUT2D eigenvalue weighted by atomic mass is 9.96. The third kappa shape index (κ3) is 2.90. The first-order valence-electron chi connectivity index (χ1n) is 7.49. The number of pyridine rings is 2. The average Bonchev–Trinajstić information content (AvgIpc) is 2.55. The van der Waals surface area contributed by atoms with Crippen molar-refractivity contribution in [2.24, 2.45) is 7.05 Å². The highest BCUT2D eigenvalue weighted by molar-refractivity contribution is 5.84. The van der Waals surface area contributed by atoms with E-state index in [9.17, 15) is 22.4 Å². The van der Waals surface area contributed by atoms with Crippen LogP contribution < -0.4 is 5.56 Å². The van der Waals surface area contributed by atoms with Gasteiger partial charge in [0.2, 0.25) is 0 Å². The van der Waals surface area contributed by atoms with Crippen molar-refractivity contribution in [3.8, 4) is 0 Å². The fraction of sp³-hybridized carbons (Fsp3) is 0.222. The summed E-state index contributed by atoms with van der Waals surface area (Å²) in [6.45, 7) is 1.42. The monoisotopic (exact) mass is 350 g/mol. The van der Waals surface area contributed by atoms with Gasteiger partial charge < -0.3 is 4.57 Å². The molecule has 0 radical (unpaired) electrons. The maximum Gasteiger partial charge on any atom is 0.417 e. The highest BCUT2D eigenvalue weighted by atomic mass is 19.4. The van der Waals surface area contributed by atoms with E-state index >= 15 is 0 Å². The Balaban J connectivity index is 2.36. The Bertz CT molecular complexity index is 1020. The smallest absolute Gasteiger partial charge is 0.311 e. The van der Waals surface area contributed by atoms with E-state index < -0.39 is 35.1 Å². The summed E-state index contributed by atoms with van der Waals surface area (Å²) in [6.07, 6.45) is -3.88. The van der Waals surface area contributed by atoms with Gasteiger partial charge >= 0.3 is 6.18 Å². The van der Waals surface area contributed by atoms with Gasteiger partial charge in [0, 0.05) is 30.6 Å². The molecule has 25 heavy (non-hydrogen) atoms. The van der Waals surface area contributed by atoms with Crippen molar-refractivity contribution < 1.29 is 17.6 Å². The van der Waals surface area contributed by atoms with Crippen molar-refractivity contribution in [2.45, 2.75) is 19.5 Å². The van der Waals surface area contributed by atoms with Crippen LogP contribution in [0.3, 0.4) is 0 Å². The lowest BCUT2D eigenvalue weighted by Gasteiger charge is -2.18. The molecule has 1 aromatic carbocycles. The van der Waals surface area contributed by atoms with Crippen LogP contribution in [0.15, 0.2) is 41.3 Å². The van der Waals surface area contributed by atoms with Crippen molar-refractivity contribution in [1.82, 2.24) is 9.55 Å². The molecule has 0 fully saturated rings. The molecule has 0 aliphatic rings. The zero-order valence-electron chi connectivity index (χ0n) is 13.5. The molecule has 0 saturated carbocycles. The molecule has 2 aromatic heterocycles. The summed E-state index contributed by atoms with van der Waals surface area (Å²) >= 11 is 0. The third-order valence-electron chi connectivity index (χ3n) is 4.19. The SMILES string of the molecule is Cc1nccc(Cc2c(C(F)(F)F)c3ccccc3n(C)c2=O)c1F. The maximum absolute atomic E-state index is 14.2. The van der Waals surface area contributed by atoms with Crippen molar-refractivity contribution in [2.75, 3.05) is 0 Å². The first kappa shape index (κ1) is 17.1. The summed E-state index contributed by atoms with van der Waals surface area (Å²) in [6, 6.07) is 7.09. The van der Waals surface area contributed by atoms with Crippen LogP contribution in [-0.2, 0) is 19.6 Å². The lowest BCUT2D eigenvalue weighted by molar-refractivity contribution is -0.137. The number of hydrogen-bond acceptors (Lipinski definition) is 2. The van der Waals surface area contributed by atoms with Crippen LogP contribution in [0.5, 0.6) is 0 Å². The number of alkyl halides is 3. The van der Waals surface area contributed by atoms with Gasteiger partial charge in [0.1, 0.15) is 5.82 Å². The Morgan fingerprint density at radius 3 is 2.52 bits per heavy atom. The molecule has 0 unspecified atom stereocenters. The van der Waals surface area contributed by atoms with E-state index in [0.717, 1.165) is 4.57 Å². The molecular weight excluding hydrogens is 336 g/mol. The fourth-order valence-electron chi connectivity index (χ4n) is 2.97. The van der Waals surface area contributed by atoms with E-state index in [4.69, 9.17) is 0 Å². The number of benzene rings is 1. The number of aryl methyl sites for hydroxylation is 2. The van der Waals surface area contributed by atoms with Gasteiger partial charge in [-0.15, -0.1) is 0 Å². The number of halogens is 4. The third-order valence-corrected chi connectivity index (χ3v) is 4.19. The summed E-state index contributed by atoms with van der Waals surface area (Å²) in [5.74, 6) is -0.703. The summed E-state index contributed by atoms with van der Waals surface area (Å²) in [5, 5.41) is -0.0849. The predicted molar refractivity (Wildman–Crippen MR) is 85.9 cm³/mol. The van der Waals surface area contributed by atoms with Crippen LogP contribution in [0.2, 0.25) is 0 Å². The average molecular weight is 350 g/mol. The summed E-state index contributed by atoms with van der Waals surface area (Å²) in [5.41, 5.74) is -2.03. The van der Waals surface area contributed by atoms with Crippen molar-refractivity contribution >= 4 is 10.9 Å². The molecule has 2 heterocycles. The molecule has 3 rings (SSSR count). The van der Waals surface area contributed by atoms with E-state index in [0.29, 0.717) is 0 Å². The van der Waals surface area contributed by atoms with Gasteiger partial charge in [0.05, 0.1) is 16.8 Å². The molecule has 0 aliphatic carbocycles. The Hall–Kier alpha value is -2.70. The molecule has 0 amide bonds. The Labute approximate surface area is 140 Å². The number of rotatable bonds is 2. The minimum atomic E-state index is -4.74. The maximum atomic E-state index is 14.2. The van der Waals surface area contributed by atoms with Crippen LogP contribution in [0.1, 0.15) is 22.4 Å². The number of fused-ring (bicyclic) bond motifs is 1. The van der Waals surface area contributed by atoms with E-state index in [1.807, 2.05) is 0 Å². The van der Waals surface area contributed by atoms with Gasteiger partial charge in [-0.05, 0) is 24.6 Å². The van der Waals surface area contributed by atoms with Crippen LogP contribution in [0.25, 0.3) is 10.9 Å². The van der Waals surface area contributed by atoms with Gasteiger partial charge in [-0.1, -0.05) is 18.2 Å². The number of nitrogens with zero attached hydrogens (tertiary/aromatic N) is 2. The van der Waals surface area contributed by atoms with Crippen LogP contribution in [0, 0.1) is 12.7 Å². The summed E-state index contributed by atoms with van der Waals surface area (Å²) in [4.78, 5) is 16.3. The molecule has 3 nitrogen and oxygen atoms in total. The Kier molecular flexibility index (Phi) is 4.10. The number of hydrogen-bond donors (Lipinski definition) is 0. The fourth-order valence-corrected chi connectivity index (χ4v) is 2.97. The Morgan fingerprint density at radius 2 is 1.84 bits per heavy atom. The second-order valence-corrected chi connectivity index (χ2v) is 5.78. The van der Waals surface area contributed by atoms with Crippen LogP contribution in [0.4, 0.5) is 17.6 Å². The standard InChI is InChI=1S/C18H14F4N2O/c1-10-16(19)11(7-8-23-10)9-13-15(18(20,21)22)12-5-3-4-6-14(12)24(2)17(13)25/h3-8H,9H2,1-2H3. The van der Waals surface area contributed by atoms with Crippen LogP contribution in [-0.4, -0.2) is 9.55 Å². The molecule has 0 atom stereocenters. The minimum absolute atomic E-state index is 0.00498. The largest absolute Gasteiger partial charge is 0.417 e. The van der Waals surface area contributed by atoms with Gasteiger partial charge in [0.15, 0.2) is 0 Å². The van der Waals surface area contributed by atoms with Crippen molar-refractivity contribution in [3.63, 3.8) is 0 Å². The molecule has 0 spiro atoms. The molecule has 7 heteroatoms. The summed E-state index contributed by atoms with van der Waals surface area (Å²) in [7, 11) is 1.41. The minimum Gasteiger partial charge on any atom is -0.311 e. The van der Waals surface area contributed by atoms with E-state index in [1.165, 1.54) is 44.4 Å². The zero-order chi connectivity index (χ0) is 18.4. The van der Waals surface area contributed by atoms with Crippen molar-refractivity contribution in [3.05, 3.63) is 75.1 Å². The molecule has 0 aliphatic heterocycles. The molecule has 0 saturated heterocycles. The first-order chi connectivity index (χ1) is 11.7. The second-order valence-electron chi connectivity index (χ2n) is 5.78. The second kappa shape index (κ2) is 5.98. The molecule has 3 aromatic rings. The Morgan fingerprint density at radius 1 is 1.16 bits per heavy atom. The quantitative estimate of drug-likeness (QED) is 0.655. The van der Waals surface area contributed by atoms with E-state index in [1.54, 1.807) is 6.07 Å². The zero-order valence-corrected chi connectivity index (χ0v) is 13.5. The van der Waals surface area contributed by atoms with Gasteiger partial charge in [-0.3, -0.25) is 9.78 Å². The summed E-state index contributed by atoms with van der Waals surface area (Å²) < 4.78 is 56.5. The number of aromatic nitrogens is 2. The lowest BCUT2D eigenvalue weighted by Crippen LogP contribution is -2.27. The van der Waals surface area contributed by atoms with Gasteiger partial charge in [-0.2, -0.15) is 13.2 Å². The molecule has 0 N–H and O–H groups in total.